The Morgan fingerprint density at radius 1 is 0.397 bits per heavy atom. The SMILES string of the molecule is C1=CC(c2ccc3c(c2)c2cc(-c4ccc5oc6c(c5c4)-c4c(oc5ccc(-n7c8ccccc8c8ccccc87)cc45)CC6)ccc2n3-c2ccccc2)=CCC1. The molecule has 0 amide bonds. The minimum Gasteiger partial charge on any atom is -0.460 e. The first-order valence-corrected chi connectivity index (χ1v) is 20.4. The summed E-state index contributed by atoms with van der Waals surface area (Å²) in [4.78, 5) is 0. The van der Waals surface area contributed by atoms with Gasteiger partial charge in [-0.3, -0.25) is 0 Å². The van der Waals surface area contributed by atoms with E-state index in [9.17, 15) is 0 Å². The number of para-hydroxylation sites is 3. The molecule has 0 unspecified atom stereocenters. The molecule has 0 saturated heterocycles. The molecular weight excluding hydrogens is 709 g/mol. The normalized spacial score (nSPS) is 14.0. The number of allylic oxidation sites excluding steroid dienone is 4. The Labute approximate surface area is 334 Å². The zero-order valence-corrected chi connectivity index (χ0v) is 31.7. The van der Waals surface area contributed by atoms with E-state index in [2.05, 4.69) is 179 Å². The fraction of sp³-hybridized carbons (Fsp3) is 0.0741. The summed E-state index contributed by atoms with van der Waals surface area (Å²) in [5, 5.41) is 7.26. The molecule has 4 heterocycles. The number of fused-ring (bicyclic) bond motifs is 13. The molecule has 2 aliphatic rings. The van der Waals surface area contributed by atoms with E-state index in [1.807, 2.05) is 0 Å². The van der Waals surface area contributed by atoms with Gasteiger partial charge in [0.1, 0.15) is 22.7 Å². The number of furan rings is 2. The van der Waals surface area contributed by atoms with Gasteiger partial charge in [0.05, 0.1) is 22.1 Å². The molecule has 0 saturated carbocycles. The van der Waals surface area contributed by atoms with Gasteiger partial charge < -0.3 is 18.0 Å². The number of hydrogen-bond acceptors (Lipinski definition) is 2. The lowest BCUT2D eigenvalue weighted by molar-refractivity contribution is 0.504. The van der Waals surface area contributed by atoms with Crippen molar-refractivity contribution in [2.45, 2.75) is 25.7 Å². The predicted octanol–water partition coefficient (Wildman–Crippen LogP) is 14.5. The highest BCUT2D eigenvalue weighted by molar-refractivity contribution is 6.13. The predicted molar refractivity (Wildman–Crippen MR) is 239 cm³/mol. The molecule has 2 aliphatic carbocycles. The lowest BCUT2D eigenvalue weighted by atomic mass is 9.90. The minimum absolute atomic E-state index is 0.810. The Balaban J connectivity index is 0.989. The van der Waals surface area contributed by atoms with Gasteiger partial charge in [0.2, 0.25) is 0 Å². The molecule has 4 nitrogen and oxygen atoms in total. The van der Waals surface area contributed by atoms with Crippen LogP contribution in [0.25, 0.3) is 105 Å². The third-order valence-corrected chi connectivity index (χ3v) is 12.6. The van der Waals surface area contributed by atoms with Crippen molar-refractivity contribution in [3.05, 3.63) is 187 Å². The van der Waals surface area contributed by atoms with Gasteiger partial charge in [-0.05, 0) is 114 Å². The number of benzene rings is 7. The summed E-state index contributed by atoms with van der Waals surface area (Å²) < 4.78 is 18.1. The Morgan fingerprint density at radius 2 is 0.931 bits per heavy atom. The maximum atomic E-state index is 6.66. The van der Waals surface area contributed by atoms with Crippen LogP contribution in [0, 0.1) is 0 Å². The number of rotatable bonds is 4. The van der Waals surface area contributed by atoms with Crippen LogP contribution in [0.1, 0.15) is 29.9 Å². The molecule has 0 bridgehead atoms. The highest BCUT2D eigenvalue weighted by Crippen LogP contribution is 2.48. The van der Waals surface area contributed by atoms with Crippen molar-refractivity contribution in [3.63, 3.8) is 0 Å². The van der Waals surface area contributed by atoms with Crippen LogP contribution in [0.5, 0.6) is 0 Å². The number of nitrogens with zero attached hydrogens (tertiary/aromatic N) is 2. The van der Waals surface area contributed by atoms with Crippen molar-refractivity contribution in [3.8, 4) is 33.6 Å². The second kappa shape index (κ2) is 12.1. The quantitative estimate of drug-likeness (QED) is 0.180. The summed E-state index contributed by atoms with van der Waals surface area (Å²) in [6.07, 6.45) is 10.7. The molecule has 13 rings (SSSR count). The summed E-state index contributed by atoms with van der Waals surface area (Å²) in [5.41, 5.74) is 16.1. The van der Waals surface area contributed by atoms with Crippen molar-refractivity contribution in [1.82, 2.24) is 9.13 Å². The third-order valence-electron chi connectivity index (χ3n) is 12.6. The third kappa shape index (κ3) is 4.57. The fourth-order valence-corrected chi connectivity index (χ4v) is 10.00. The number of aromatic nitrogens is 2. The van der Waals surface area contributed by atoms with Crippen LogP contribution >= 0.6 is 0 Å². The van der Waals surface area contributed by atoms with Gasteiger partial charge in [0.15, 0.2) is 0 Å². The monoisotopic (exact) mass is 744 g/mol. The number of aryl methyl sites for hydroxylation is 2. The summed E-state index contributed by atoms with van der Waals surface area (Å²) >= 11 is 0. The standard InChI is InChI=1S/C54H36N2O2/c1-3-11-33(12-4-1)34-19-23-47-41(29-34)42-30-35(20-24-48(42)55(47)37-13-5-2-6-14-37)36-21-25-49-43(31-36)53-51(57-49)27-28-52-54(53)44-32-38(22-26-50(44)58-52)56-45-17-9-7-15-39(45)40-16-8-10-18-46(40)56/h2-3,5-26,29-32H,1,4,27-28H2. The first-order valence-electron chi connectivity index (χ1n) is 20.4. The van der Waals surface area contributed by atoms with Gasteiger partial charge in [-0.15, -0.1) is 0 Å². The van der Waals surface area contributed by atoms with Gasteiger partial charge in [-0.1, -0.05) is 91.0 Å². The van der Waals surface area contributed by atoms with E-state index in [1.165, 1.54) is 65.9 Å². The zero-order valence-electron chi connectivity index (χ0n) is 31.7. The van der Waals surface area contributed by atoms with E-state index in [0.29, 0.717) is 0 Å². The van der Waals surface area contributed by atoms with E-state index >= 15 is 0 Å². The summed E-state index contributed by atoms with van der Waals surface area (Å²) in [6, 6.07) is 55.4. The Bertz CT molecular complexity index is 3510. The maximum absolute atomic E-state index is 6.66. The maximum Gasteiger partial charge on any atom is 0.135 e. The average molecular weight is 745 g/mol. The molecule has 0 N–H and O–H groups in total. The van der Waals surface area contributed by atoms with Gasteiger partial charge in [-0.2, -0.15) is 0 Å². The topological polar surface area (TPSA) is 36.1 Å². The smallest absolute Gasteiger partial charge is 0.135 e. The molecule has 274 valence electrons. The Kier molecular flexibility index (Phi) is 6.65. The molecular formula is C54H36N2O2. The minimum atomic E-state index is 0.810. The van der Waals surface area contributed by atoms with Crippen LogP contribution in [0.3, 0.4) is 0 Å². The van der Waals surface area contributed by atoms with E-state index in [0.717, 1.165) is 81.6 Å². The van der Waals surface area contributed by atoms with Crippen LogP contribution < -0.4 is 0 Å². The van der Waals surface area contributed by atoms with Crippen molar-refractivity contribution in [2.24, 2.45) is 0 Å². The van der Waals surface area contributed by atoms with Gasteiger partial charge in [0, 0.05) is 67.7 Å². The molecule has 0 spiro atoms. The van der Waals surface area contributed by atoms with Crippen LogP contribution in [0.4, 0.5) is 0 Å². The zero-order chi connectivity index (χ0) is 37.9. The molecule has 0 radical (unpaired) electrons. The molecule has 7 aromatic carbocycles. The molecule has 0 atom stereocenters. The van der Waals surface area contributed by atoms with Crippen LogP contribution in [0.2, 0.25) is 0 Å². The van der Waals surface area contributed by atoms with Crippen molar-refractivity contribution < 1.29 is 8.83 Å². The van der Waals surface area contributed by atoms with Crippen LogP contribution in [0.15, 0.2) is 179 Å². The van der Waals surface area contributed by atoms with E-state index in [-0.39, 0.29) is 0 Å². The second-order valence-corrected chi connectivity index (χ2v) is 15.8. The summed E-state index contributed by atoms with van der Waals surface area (Å²) in [7, 11) is 0. The van der Waals surface area contributed by atoms with Crippen LogP contribution in [-0.4, -0.2) is 9.13 Å². The largest absolute Gasteiger partial charge is 0.460 e. The summed E-state index contributed by atoms with van der Waals surface area (Å²) in [6.45, 7) is 0. The average Bonchev–Trinajstić information content (AvgIpc) is 4.03. The van der Waals surface area contributed by atoms with Gasteiger partial charge in [-0.25, -0.2) is 0 Å². The first-order chi connectivity index (χ1) is 28.7. The molecule has 0 fully saturated rings. The van der Waals surface area contributed by atoms with E-state index in [1.54, 1.807) is 0 Å². The van der Waals surface area contributed by atoms with Crippen molar-refractivity contribution >= 4 is 71.1 Å². The highest BCUT2D eigenvalue weighted by atomic mass is 16.3. The Hall–Kier alpha value is -7.30. The molecule has 4 aromatic heterocycles. The molecule has 4 heteroatoms. The fourth-order valence-electron chi connectivity index (χ4n) is 10.00. The number of hydrogen-bond donors (Lipinski definition) is 0. The lowest BCUT2D eigenvalue weighted by Crippen LogP contribution is -1.99. The van der Waals surface area contributed by atoms with Crippen molar-refractivity contribution in [1.29, 1.82) is 0 Å². The van der Waals surface area contributed by atoms with E-state index in [4.69, 9.17) is 8.83 Å². The molecule has 0 aliphatic heterocycles. The first kappa shape index (κ1) is 31.9. The molecule has 58 heavy (non-hydrogen) atoms. The van der Waals surface area contributed by atoms with E-state index < -0.39 is 0 Å². The highest BCUT2D eigenvalue weighted by Gasteiger charge is 2.29. The second-order valence-electron chi connectivity index (χ2n) is 15.8. The van der Waals surface area contributed by atoms with Gasteiger partial charge >= 0.3 is 0 Å². The van der Waals surface area contributed by atoms with Crippen molar-refractivity contribution in [2.75, 3.05) is 0 Å². The van der Waals surface area contributed by atoms with Gasteiger partial charge in [0.25, 0.3) is 0 Å². The molecule has 11 aromatic rings. The summed E-state index contributed by atoms with van der Waals surface area (Å²) in [5.74, 6) is 2.06. The Morgan fingerprint density at radius 3 is 1.60 bits per heavy atom. The van der Waals surface area contributed by atoms with Crippen LogP contribution in [-0.2, 0) is 12.8 Å². The lowest BCUT2D eigenvalue weighted by Gasteiger charge is -2.12.